The number of hydrogen-bond donors (Lipinski definition) is 1. The second-order valence-corrected chi connectivity index (χ2v) is 8.42. The quantitative estimate of drug-likeness (QED) is 0.606. The van der Waals surface area contributed by atoms with Crippen LogP contribution in [0.5, 0.6) is 0 Å². The molecule has 1 atom stereocenters. The summed E-state index contributed by atoms with van der Waals surface area (Å²) in [5.74, 6) is 0.669. The zero-order chi connectivity index (χ0) is 23.2. The smallest absolute Gasteiger partial charge is 0.254 e. The van der Waals surface area contributed by atoms with Crippen molar-refractivity contribution in [1.29, 1.82) is 0 Å². The number of aromatic nitrogens is 2. The van der Waals surface area contributed by atoms with Crippen LogP contribution in [-0.4, -0.2) is 70.4 Å². The second-order valence-electron chi connectivity index (χ2n) is 8.42. The molecule has 2 heterocycles. The fraction of sp³-hybridized carbons (Fsp3) is 0.346. The van der Waals surface area contributed by atoms with Gasteiger partial charge in [0.2, 0.25) is 5.91 Å². The molecular weight excluding hydrogens is 414 g/mol. The average Bonchev–Trinajstić information content (AvgIpc) is 3.26. The molecule has 2 aromatic carbocycles. The molecular formula is C26H31N5O2. The van der Waals surface area contributed by atoms with Crippen LogP contribution in [-0.2, 0) is 17.8 Å². The monoisotopic (exact) mass is 445 g/mol. The molecule has 1 fully saturated rings. The minimum absolute atomic E-state index is 0.0975. The number of rotatable bonds is 7. The van der Waals surface area contributed by atoms with Crippen molar-refractivity contribution in [3.8, 4) is 0 Å². The molecule has 1 aromatic heterocycles. The lowest BCUT2D eigenvalue weighted by Gasteiger charge is -2.40. The third kappa shape index (κ3) is 5.31. The van der Waals surface area contributed by atoms with Crippen LogP contribution < -0.4 is 5.32 Å². The summed E-state index contributed by atoms with van der Waals surface area (Å²) >= 11 is 0. The van der Waals surface area contributed by atoms with Crippen LogP contribution in [0.15, 0.2) is 67.0 Å². The SMILES string of the molecule is CNC(=O)C1CN(CCc2ccccc2)CCN1C(=O)c1ccccc1Cn1ccnc1C. The summed E-state index contributed by atoms with van der Waals surface area (Å²) in [7, 11) is 1.63. The summed E-state index contributed by atoms with van der Waals surface area (Å²) in [4.78, 5) is 34.7. The average molecular weight is 446 g/mol. The molecule has 1 N–H and O–H groups in total. The number of nitrogens with zero attached hydrogens (tertiary/aromatic N) is 4. The predicted octanol–water partition coefficient (Wildman–Crippen LogP) is 2.35. The highest BCUT2D eigenvalue weighted by Gasteiger charge is 2.35. The van der Waals surface area contributed by atoms with Crippen molar-refractivity contribution >= 4 is 11.8 Å². The Morgan fingerprint density at radius 3 is 2.55 bits per heavy atom. The first kappa shape index (κ1) is 22.7. The number of benzene rings is 2. The largest absolute Gasteiger partial charge is 0.357 e. The number of imidazole rings is 1. The van der Waals surface area contributed by atoms with Gasteiger partial charge in [0.1, 0.15) is 11.9 Å². The van der Waals surface area contributed by atoms with Gasteiger partial charge in [-0.1, -0.05) is 48.5 Å². The first-order chi connectivity index (χ1) is 16.1. The molecule has 0 spiro atoms. The number of carbonyl (C=O) groups is 2. The van der Waals surface area contributed by atoms with E-state index in [4.69, 9.17) is 0 Å². The standard InChI is InChI=1S/C26H31N5O2/c1-20-28-13-15-30(20)18-22-10-6-7-11-23(22)26(33)31-17-16-29(19-24(31)25(32)27-2)14-12-21-8-4-3-5-9-21/h3-11,13,15,24H,12,14,16-19H2,1-2H3,(H,27,32). The molecule has 2 amide bonds. The van der Waals surface area contributed by atoms with Gasteiger partial charge in [-0.15, -0.1) is 0 Å². The van der Waals surface area contributed by atoms with E-state index in [0.29, 0.717) is 25.2 Å². The lowest BCUT2D eigenvalue weighted by Crippen LogP contribution is -2.60. The highest BCUT2D eigenvalue weighted by Crippen LogP contribution is 2.19. The maximum Gasteiger partial charge on any atom is 0.254 e. The van der Waals surface area contributed by atoms with Crippen LogP contribution in [0.25, 0.3) is 0 Å². The number of nitrogens with one attached hydrogen (secondary N) is 1. The fourth-order valence-electron chi connectivity index (χ4n) is 4.38. The molecule has 7 nitrogen and oxygen atoms in total. The van der Waals surface area contributed by atoms with Gasteiger partial charge in [0.05, 0.1) is 0 Å². The highest BCUT2D eigenvalue weighted by atomic mass is 16.2. The number of amides is 2. The van der Waals surface area contributed by atoms with Crippen molar-refractivity contribution in [3.05, 3.63) is 89.5 Å². The predicted molar refractivity (Wildman–Crippen MR) is 128 cm³/mol. The summed E-state index contributed by atoms with van der Waals surface area (Å²) in [6.45, 7) is 5.16. The third-order valence-electron chi connectivity index (χ3n) is 6.35. The topological polar surface area (TPSA) is 70.5 Å². The van der Waals surface area contributed by atoms with E-state index in [1.54, 1.807) is 18.1 Å². The van der Waals surface area contributed by atoms with Gasteiger partial charge < -0.3 is 14.8 Å². The van der Waals surface area contributed by atoms with Crippen LogP contribution in [0.2, 0.25) is 0 Å². The van der Waals surface area contributed by atoms with E-state index in [1.807, 2.05) is 60.2 Å². The zero-order valence-corrected chi connectivity index (χ0v) is 19.3. The van der Waals surface area contributed by atoms with E-state index >= 15 is 0 Å². The van der Waals surface area contributed by atoms with Crippen molar-refractivity contribution in [2.75, 3.05) is 33.2 Å². The van der Waals surface area contributed by atoms with Gasteiger partial charge in [-0.2, -0.15) is 0 Å². The highest BCUT2D eigenvalue weighted by molar-refractivity contribution is 5.99. The Balaban J connectivity index is 1.50. The van der Waals surface area contributed by atoms with E-state index in [0.717, 1.165) is 30.9 Å². The summed E-state index contributed by atoms with van der Waals surface area (Å²) in [6.07, 6.45) is 4.59. The van der Waals surface area contributed by atoms with Crippen LogP contribution in [0.1, 0.15) is 27.3 Å². The lowest BCUT2D eigenvalue weighted by molar-refractivity contribution is -0.127. The fourth-order valence-corrected chi connectivity index (χ4v) is 4.38. The Hall–Kier alpha value is -3.45. The van der Waals surface area contributed by atoms with Gasteiger partial charge in [0, 0.05) is 57.7 Å². The molecule has 0 bridgehead atoms. The van der Waals surface area contributed by atoms with E-state index in [-0.39, 0.29) is 11.8 Å². The minimum atomic E-state index is -0.518. The van der Waals surface area contributed by atoms with Crippen LogP contribution in [0, 0.1) is 6.92 Å². The van der Waals surface area contributed by atoms with Gasteiger partial charge in [0.25, 0.3) is 5.91 Å². The Kier molecular flexibility index (Phi) is 7.19. The Morgan fingerprint density at radius 1 is 1.06 bits per heavy atom. The third-order valence-corrected chi connectivity index (χ3v) is 6.35. The van der Waals surface area contributed by atoms with Crippen molar-refractivity contribution in [2.24, 2.45) is 0 Å². The Labute approximate surface area is 195 Å². The number of likely N-dealkylation sites (N-methyl/N-ethyl adjacent to an activating group) is 1. The van der Waals surface area contributed by atoms with Gasteiger partial charge in [-0.3, -0.25) is 14.5 Å². The van der Waals surface area contributed by atoms with Gasteiger partial charge >= 0.3 is 0 Å². The molecule has 3 aromatic rings. The first-order valence-corrected chi connectivity index (χ1v) is 11.4. The van der Waals surface area contributed by atoms with Gasteiger partial charge in [0.15, 0.2) is 0 Å². The summed E-state index contributed by atoms with van der Waals surface area (Å²) in [5, 5.41) is 2.75. The van der Waals surface area contributed by atoms with E-state index in [2.05, 4.69) is 27.3 Å². The molecule has 1 unspecified atom stereocenters. The maximum absolute atomic E-state index is 13.7. The van der Waals surface area contributed by atoms with Crippen molar-refractivity contribution in [2.45, 2.75) is 25.9 Å². The normalized spacial score (nSPS) is 16.5. The number of carbonyl (C=O) groups excluding carboxylic acids is 2. The Morgan fingerprint density at radius 2 is 1.82 bits per heavy atom. The summed E-state index contributed by atoms with van der Waals surface area (Å²) in [5.41, 5.74) is 2.83. The van der Waals surface area contributed by atoms with Gasteiger partial charge in [-0.25, -0.2) is 4.98 Å². The molecule has 1 saturated heterocycles. The van der Waals surface area contributed by atoms with Crippen LogP contribution in [0.3, 0.4) is 0 Å². The zero-order valence-electron chi connectivity index (χ0n) is 19.3. The lowest BCUT2D eigenvalue weighted by atomic mass is 10.0. The van der Waals surface area contributed by atoms with E-state index in [9.17, 15) is 9.59 Å². The molecule has 33 heavy (non-hydrogen) atoms. The second kappa shape index (κ2) is 10.4. The molecule has 0 saturated carbocycles. The van der Waals surface area contributed by atoms with Crippen molar-refractivity contribution in [1.82, 2.24) is 24.7 Å². The van der Waals surface area contributed by atoms with E-state index < -0.39 is 6.04 Å². The van der Waals surface area contributed by atoms with Crippen LogP contribution >= 0.6 is 0 Å². The molecule has 0 radical (unpaired) electrons. The molecule has 1 aliphatic heterocycles. The number of hydrogen-bond acceptors (Lipinski definition) is 4. The first-order valence-electron chi connectivity index (χ1n) is 11.4. The summed E-state index contributed by atoms with van der Waals surface area (Å²) < 4.78 is 2.02. The number of aryl methyl sites for hydroxylation is 1. The molecule has 172 valence electrons. The maximum atomic E-state index is 13.7. The van der Waals surface area contributed by atoms with Crippen molar-refractivity contribution < 1.29 is 9.59 Å². The number of piperazine rings is 1. The minimum Gasteiger partial charge on any atom is -0.357 e. The Bertz CT molecular complexity index is 1090. The van der Waals surface area contributed by atoms with E-state index in [1.165, 1.54) is 5.56 Å². The molecule has 0 aliphatic carbocycles. The molecule has 4 rings (SSSR count). The van der Waals surface area contributed by atoms with Gasteiger partial charge in [-0.05, 0) is 30.5 Å². The molecule has 7 heteroatoms. The molecule has 1 aliphatic rings. The van der Waals surface area contributed by atoms with Crippen molar-refractivity contribution in [3.63, 3.8) is 0 Å². The summed E-state index contributed by atoms with van der Waals surface area (Å²) in [6, 6.07) is 17.5. The van der Waals surface area contributed by atoms with Crippen LogP contribution in [0.4, 0.5) is 0 Å².